The van der Waals surface area contributed by atoms with Crippen LogP contribution in [0.4, 0.5) is 0 Å². The molecule has 0 spiro atoms. The van der Waals surface area contributed by atoms with Gasteiger partial charge in [0.2, 0.25) is 0 Å². The molecule has 0 fully saturated rings. The highest BCUT2D eigenvalue weighted by molar-refractivity contribution is 4.96. The van der Waals surface area contributed by atoms with E-state index in [1.165, 1.54) is 0 Å². The summed E-state index contributed by atoms with van der Waals surface area (Å²) >= 11 is 0. The summed E-state index contributed by atoms with van der Waals surface area (Å²) in [6, 6.07) is 0. The molecule has 0 amide bonds. The van der Waals surface area contributed by atoms with Crippen molar-refractivity contribution < 1.29 is 5.11 Å². The molecule has 1 N–H and O–H groups in total. The number of nitrogens with zero attached hydrogens (tertiary/aromatic N) is 3. The Bertz CT molecular complexity index is 257. The molecule has 1 heterocycles. The molecule has 1 aromatic rings. The highest BCUT2D eigenvalue weighted by Crippen LogP contribution is 2.10. The van der Waals surface area contributed by atoms with Crippen LogP contribution < -0.4 is 0 Å². The summed E-state index contributed by atoms with van der Waals surface area (Å²) in [4.78, 5) is 6.07. The highest BCUT2D eigenvalue weighted by atomic mass is 16.3. The van der Waals surface area contributed by atoms with Crippen LogP contribution in [-0.4, -0.2) is 40.2 Å². The van der Waals surface area contributed by atoms with Gasteiger partial charge in [-0.3, -0.25) is 0 Å². The fourth-order valence-electron chi connectivity index (χ4n) is 1.31. The van der Waals surface area contributed by atoms with Crippen LogP contribution in [0.15, 0.2) is 12.4 Å². The van der Waals surface area contributed by atoms with Crippen molar-refractivity contribution in [3.8, 4) is 0 Å². The molecular weight excluding hydrogens is 166 g/mol. The van der Waals surface area contributed by atoms with Crippen molar-refractivity contribution in [2.75, 3.05) is 20.6 Å². The molecule has 1 unspecified atom stereocenters. The Balaban J connectivity index is 2.69. The van der Waals surface area contributed by atoms with Crippen LogP contribution in [0.3, 0.4) is 0 Å². The van der Waals surface area contributed by atoms with E-state index in [0.717, 1.165) is 12.4 Å². The zero-order chi connectivity index (χ0) is 9.84. The number of aromatic nitrogens is 2. The Morgan fingerprint density at radius 2 is 2.31 bits per heavy atom. The first-order chi connectivity index (χ1) is 6.15. The number of hydrogen-bond acceptors (Lipinski definition) is 3. The second kappa shape index (κ2) is 4.39. The first kappa shape index (κ1) is 10.2. The molecule has 0 radical (unpaired) electrons. The van der Waals surface area contributed by atoms with E-state index in [1.807, 2.05) is 36.7 Å². The molecule has 1 atom stereocenters. The lowest BCUT2D eigenvalue weighted by Crippen LogP contribution is -2.22. The van der Waals surface area contributed by atoms with Gasteiger partial charge in [0.15, 0.2) is 0 Å². The zero-order valence-electron chi connectivity index (χ0n) is 8.44. The van der Waals surface area contributed by atoms with Crippen LogP contribution in [0.1, 0.15) is 18.9 Å². The molecule has 0 bridgehead atoms. The first-order valence-corrected chi connectivity index (χ1v) is 4.49. The van der Waals surface area contributed by atoms with Gasteiger partial charge in [-0.05, 0) is 21.0 Å². The second-order valence-electron chi connectivity index (χ2n) is 3.35. The van der Waals surface area contributed by atoms with Gasteiger partial charge in [-0.25, -0.2) is 4.98 Å². The maximum absolute atomic E-state index is 9.77. The van der Waals surface area contributed by atoms with Crippen molar-refractivity contribution in [3.05, 3.63) is 18.2 Å². The smallest absolute Gasteiger partial charge is 0.138 e. The number of rotatable bonds is 4. The summed E-state index contributed by atoms with van der Waals surface area (Å²) < 4.78 is 1.95. The number of likely N-dealkylation sites (N-methyl/N-ethyl adjacent to an activating group) is 1. The molecule has 74 valence electrons. The van der Waals surface area contributed by atoms with Gasteiger partial charge in [0.25, 0.3) is 0 Å². The molecular formula is C9H17N3O. The Morgan fingerprint density at radius 3 is 2.85 bits per heavy atom. The van der Waals surface area contributed by atoms with E-state index < -0.39 is 6.10 Å². The third-order valence-corrected chi connectivity index (χ3v) is 1.92. The minimum absolute atomic E-state index is 0.495. The number of aliphatic hydroxyl groups is 1. The van der Waals surface area contributed by atoms with Crippen molar-refractivity contribution in [1.82, 2.24) is 14.5 Å². The van der Waals surface area contributed by atoms with Gasteiger partial charge in [0.05, 0.1) is 0 Å². The second-order valence-corrected chi connectivity index (χ2v) is 3.35. The third kappa shape index (κ3) is 2.54. The maximum atomic E-state index is 9.77. The molecule has 0 aliphatic heterocycles. The van der Waals surface area contributed by atoms with Crippen molar-refractivity contribution in [1.29, 1.82) is 0 Å². The average Bonchev–Trinajstić information content (AvgIpc) is 2.49. The minimum atomic E-state index is -0.495. The Hall–Kier alpha value is -0.870. The predicted molar refractivity (Wildman–Crippen MR) is 51.4 cm³/mol. The quantitative estimate of drug-likeness (QED) is 0.739. The van der Waals surface area contributed by atoms with E-state index in [1.54, 1.807) is 6.20 Å². The summed E-state index contributed by atoms with van der Waals surface area (Å²) in [5.41, 5.74) is 0. The van der Waals surface area contributed by atoms with Gasteiger partial charge >= 0.3 is 0 Å². The lowest BCUT2D eigenvalue weighted by Gasteiger charge is -2.16. The van der Waals surface area contributed by atoms with Crippen molar-refractivity contribution in [2.45, 2.75) is 19.6 Å². The fraction of sp³-hybridized carbons (Fsp3) is 0.667. The van der Waals surface area contributed by atoms with E-state index in [4.69, 9.17) is 0 Å². The lowest BCUT2D eigenvalue weighted by molar-refractivity contribution is 0.126. The van der Waals surface area contributed by atoms with Gasteiger partial charge in [-0.2, -0.15) is 0 Å². The minimum Gasteiger partial charge on any atom is -0.384 e. The van der Waals surface area contributed by atoms with E-state index in [9.17, 15) is 5.11 Å². The third-order valence-electron chi connectivity index (χ3n) is 1.92. The molecule has 4 nitrogen and oxygen atoms in total. The van der Waals surface area contributed by atoms with Crippen LogP contribution >= 0.6 is 0 Å². The van der Waals surface area contributed by atoms with Crippen LogP contribution in [-0.2, 0) is 6.54 Å². The monoisotopic (exact) mass is 183 g/mol. The summed E-state index contributed by atoms with van der Waals surface area (Å²) in [5, 5.41) is 9.77. The Morgan fingerprint density at radius 1 is 1.62 bits per heavy atom. The Labute approximate surface area is 78.8 Å². The standard InChI is InChI=1S/C9H17N3O/c1-4-12-6-5-10-9(12)8(13)7-11(2)3/h5-6,8,13H,4,7H2,1-3H3. The molecule has 0 saturated heterocycles. The number of aryl methyl sites for hydroxylation is 1. The summed E-state index contributed by atoms with van der Waals surface area (Å²) in [6.07, 6.45) is 3.11. The molecule has 1 aromatic heterocycles. The Kier molecular flexibility index (Phi) is 3.45. The number of aliphatic hydroxyl groups excluding tert-OH is 1. The predicted octanol–water partition coefficient (Wildman–Crippen LogP) is 0.498. The van der Waals surface area contributed by atoms with Crippen LogP contribution in [0.25, 0.3) is 0 Å². The fourth-order valence-corrected chi connectivity index (χ4v) is 1.31. The topological polar surface area (TPSA) is 41.3 Å². The van der Waals surface area contributed by atoms with Crippen molar-refractivity contribution in [2.24, 2.45) is 0 Å². The summed E-state index contributed by atoms with van der Waals surface area (Å²) in [5.74, 6) is 0.746. The van der Waals surface area contributed by atoms with Crippen LogP contribution in [0.5, 0.6) is 0 Å². The zero-order valence-corrected chi connectivity index (χ0v) is 8.44. The first-order valence-electron chi connectivity index (χ1n) is 4.49. The van der Waals surface area contributed by atoms with Gasteiger partial charge < -0.3 is 14.6 Å². The van der Waals surface area contributed by atoms with Crippen LogP contribution in [0.2, 0.25) is 0 Å². The SMILES string of the molecule is CCn1ccnc1C(O)CN(C)C. The van der Waals surface area contributed by atoms with E-state index in [2.05, 4.69) is 4.98 Å². The van der Waals surface area contributed by atoms with Gasteiger partial charge in [-0.1, -0.05) is 0 Å². The number of imidazole rings is 1. The van der Waals surface area contributed by atoms with Gasteiger partial charge in [0.1, 0.15) is 11.9 Å². The van der Waals surface area contributed by atoms with E-state index in [-0.39, 0.29) is 0 Å². The maximum Gasteiger partial charge on any atom is 0.138 e. The molecule has 0 aliphatic carbocycles. The van der Waals surface area contributed by atoms with E-state index >= 15 is 0 Å². The highest BCUT2D eigenvalue weighted by Gasteiger charge is 2.13. The van der Waals surface area contributed by atoms with Crippen LogP contribution in [0, 0.1) is 0 Å². The molecule has 13 heavy (non-hydrogen) atoms. The van der Waals surface area contributed by atoms with Gasteiger partial charge in [0, 0.05) is 25.5 Å². The molecule has 4 heteroatoms. The largest absolute Gasteiger partial charge is 0.384 e. The summed E-state index contributed by atoms with van der Waals surface area (Å²) in [6.45, 7) is 3.49. The molecule has 0 saturated carbocycles. The summed E-state index contributed by atoms with van der Waals surface area (Å²) in [7, 11) is 3.87. The van der Waals surface area contributed by atoms with E-state index in [0.29, 0.717) is 6.54 Å². The molecule has 1 rings (SSSR count). The molecule has 0 aromatic carbocycles. The molecule has 0 aliphatic rings. The van der Waals surface area contributed by atoms with Crippen molar-refractivity contribution >= 4 is 0 Å². The normalized spacial score (nSPS) is 13.6. The average molecular weight is 183 g/mol. The van der Waals surface area contributed by atoms with Crippen molar-refractivity contribution in [3.63, 3.8) is 0 Å². The van der Waals surface area contributed by atoms with Gasteiger partial charge in [-0.15, -0.1) is 0 Å². The number of hydrogen-bond donors (Lipinski definition) is 1. The lowest BCUT2D eigenvalue weighted by atomic mass is 10.3.